The van der Waals surface area contributed by atoms with Crippen molar-refractivity contribution in [2.75, 3.05) is 14.2 Å². The van der Waals surface area contributed by atoms with Gasteiger partial charge in [0, 0.05) is 38.7 Å². The molecule has 0 bridgehead atoms. The van der Waals surface area contributed by atoms with Crippen molar-refractivity contribution >= 4 is 10.0 Å². The van der Waals surface area contributed by atoms with Crippen LogP contribution in [0, 0.1) is 0 Å². The molecule has 0 unspecified atom stereocenters. The molecule has 0 aliphatic carbocycles. The highest BCUT2D eigenvalue weighted by atomic mass is 32.2. The van der Waals surface area contributed by atoms with Crippen LogP contribution in [-0.4, -0.2) is 46.3 Å². The molecule has 2 aromatic heterocycles. The zero-order valence-electron chi connectivity index (χ0n) is 19.3. The average molecular weight is 482 g/mol. The Bertz CT molecular complexity index is 1280. The molecule has 4 aromatic rings. The van der Waals surface area contributed by atoms with E-state index in [9.17, 15) is 8.42 Å². The predicted molar refractivity (Wildman–Crippen MR) is 127 cm³/mol. The molecule has 10 heteroatoms. The second-order valence-electron chi connectivity index (χ2n) is 7.78. The van der Waals surface area contributed by atoms with E-state index in [1.807, 2.05) is 66.3 Å². The van der Waals surface area contributed by atoms with Crippen molar-refractivity contribution in [2.45, 2.75) is 24.7 Å². The van der Waals surface area contributed by atoms with Crippen LogP contribution in [0.4, 0.5) is 0 Å². The summed E-state index contributed by atoms with van der Waals surface area (Å²) in [5, 5.41) is 4.34. The third-order valence-corrected chi connectivity index (χ3v) is 7.17. The van der Waals surface area contributed by atoms with E-state index in [1.54, 1.807) is 31.3 Å². The molecular weight excluding hydrogens is 454 g/mol. The lowest BCUT2D eigenvalue weighted by Gasteiger charge is -2.21. The number of nitrogens with zero attached hydrogens (tertiary/aromatic N) is 5. The van der Waals surface area contributed by atoms with Gasteiger partial charge in [-0.05, 0) is 41.5 Å². The number of aromatic nitrogens is 4. The standard InChI is InChI=1S/C24H27N5O4S/c1-27-15-13-25-23(27)18-28-14-12-24(26-28)34(30,31)29(16-19-4-8-21(32-2)9-5-19)17-20-6-10-22(33-3)11-7-20/h4-15H,16-18H2,1-3H3. The average Bonchev–Trinajstić information content (AvgIpc) is 3.49. The molecule has 0 amide bonds. The number of benzene rings is 2. The predicted octanol–water partition coefficient (Wildman–Crippen LogP) is 3.07. The van der Waals surface area contributed by atoms with E-state index in [2.05, 4.69) is 10.1 Å². The summed E-state index contributed by atoms with van der Waals surface area (Å²) in [6.45, 7) is 0.741. The summed E-state index contributed by atoms with van der Waals surface area (Å²) in [6.07, 6.45) is 5.18. The van der Waals surface area contributed by atoms with E-state index in [1.165, 1.54) is 10.4 Å². The van der Waals surface area contributed by atoms with Gasteiger partial charge in [-0.25, -0.2) is 13.4 Å². The Morgan fingerprint density at radius 1 is 0.853 bits per heavy atom. The van der Waals surface area contributed by atoms with Crippen molar-refractivity contribution < 1.29 is 17.9 Å². The van der Waals surface area contributed by atoms with Gasteiger partial charge in [0.05, 0.1) is 20.8 Å². The molecule has 0 aliphatic heterocycles. The van der Waals surface area contributed by atoms with Gasteiger partial charge in [-0.15, -0.1) is 0 Å². The summed E-state index contributed by atoms with van der Waals surface area (Å²) in [7, 11) is 1.19. The Hall–Kier alpha value is -3.63. The number of aryl methyl sites for hydroxylation is 1. The molecule has 2 heterocycles. The summed E-state index contributed by atoms with van der Waals surface area (Å²) in [5.74, 6) is 2.20. The van der Waals surface area contributed by atoms with Gasteiger partial charge in [-0.2, -0.15) is 9.40 Å². The summed E-state index contributed by atoms with van der Waals surface area (Å²) >= 11 is 0. The maximum atomic E-state index is 13.6. The van der Waals surface area contributed by atoms with Crippen LogP contribution in [-0.2, 0) is 36.7 Å². The zero-order chi connectivity index (χ0) is 24.1. The Kier molecular flexibility index (Phi) is 6.99. The minimum absolute atomic E-state index is 0.0104. The zero-order valence-corrected chi connectivity index (χ0v) is 20.1. The highest BCUT2D eigenvalue weighted by molar-refractivity contribution is 7.89. The van der Waals surface area contributed by atoms with Crippen molar-refractivity contribution in [1.29, 1.82) is 0 Å². The van der Waals surface area contributed by atoms with Gasteiger partial charge in [0.15, 0.2) is 5.03 Å². The van der Waals surface area contributed by atoms with E-state index >= 15 is 0 Å². The maximum absolute atomic E-state index is 13.6. The highest BCUT2D eigenvalue weighted by Crippen LogP contribution is 2.22. The molecule has 0 saturated heterocycles. The van der Waals surface area contributed by atoms with Crippen molar-refractivity contribution in [3.05, 3.63) is 90.1 Å². The first kappa shape index (κ1) is 23.5. The number of hydrogen-bond acceptors (Lipinski definition) is 6. The molecule has 0 spiro atoms. The molecule has 0 saturated carbocycles. The molecule has 9 nitrogen and oxygen atoms in total. The van der Waals surface area contributed by atoms with Gasteiger partial charge in [0.1, 0.15) is 17.3 Å². The number of ether oxygens (including phenoxy) is 2. The molecule has 0 atom stereocenters. The Morgan fingerprint density at radius 3 is 1.88 bits per heavy atom. The molecule has 178 valence electrons. The minimum Gasteiger partial charge on any atom is -0.497 e. The maximum Gasteiger partial charge on any atom is 0.262 e. The van der Waals surface area contributed by atoms with E-state index in [-0.39, 0.29) is 18.1 Å². The van der Waals surface area contributed by atoms with Gasteiger partial charge in [-0.1, -0.05) is 24.3 Å². The van der Waals surface area contributed by atoms with Gasteiger partial charge in [0.25, 0.3) is 10.0 Å². The lowest BCUT2D eigenvalue weighted by molar-refractivity contribution is 0.395. The molecule has 0 aliphatic rings. The van der Waals surface area contributed by atoms with Crippen LogP contribution in [0.1, 0.15) is 17.0 Å². The van der Waals surface area contributed by atoms with E-state index in [4.69, 9.17) is 9.47 Å². The topological polar surface area (TPSA) is 91.5 Å². The first-order valence-corrected chi connectivity index (χ1v) is 12.1. The monoisotopic (exact) mass is 481 g/mol. The van der Waals surface area contributed by atoms with E-state index in [0.717, 1.165) is 17.0 Å². The van der Waals surface area contributed by atoms with Crippen molar-refractivity contribution in [1.82, 2.24) is 23.6 Å². The van der Waals surface area contributed by atoms with Crippen LogP contribution in [0.3, 0.4) is 0 Å². The number of rotatable bonds is 10. The normalized spacial score (nSPS) is 11.6. The van der Waals surface area contributed by atoms with Crippen LogP contribution in [0.2, 0.25) is 0 Å². The van der Waals surface area contributed by atoms with Crippen LogP contribution in [0.15, 0.2) is 78.2 Å². The van der Waals surface area contributed by atoms with Gasteiger partial charge < -0.3 is 14.0 Å². The van der Waals surface area contributed by atoms with E-state index in [0.29, 0.717) is 18.0 Å². The third kappa shape index (κ3) is 5.29. The quantitative estimate of drug-likeness (QED) is 0.346. The second kappa shape index (κ2) is 10.1. The third-order valence-electron chi connectivity index (χ3n) is 5.48. The van der Waals surface area contributed by atoms with Gasteiger partial charge in [-0.3, -0.25) is 4.68 Å². The number of hydrogen-bond donors (Lipinski definition) is 0. The summed E-state index contributed by atoms with van der Waals surface area (Å²) in [6, 6.07) is 16.2. The number of imidazole rings is 1. The van der Waals surface area contributed by atoms with Gasteiger partial charge in [0.2, 0.25) is 0 Å². The molecule has 2 aromatic carbocycles. The molecule has 4 rings (SSSR count). The lowest BCUT2D eigenvalue weighted by Crippen LogP contribution is -2.30. The Labute approximate surface area is 199 Å². The Balaban J connectivity index is 1.62. The fourth-order valence-corrected chi connectivity index (χ4v) is 4.83. The van der Waals surface area contributed by atoms with Crippen molar-refractivity contribution in [3.8, 4) is 11.5 Å². The summed E-state index contributed by atoms with van der Waals surface area (Å²) in [5.41, 5.74) is 1.68. The van der Waals surface area contributed by atoms with Crippen LogP contribution in [0.5, 0.6) is 11.5 Å². The number of sulfonamides is 1. The lowest BCUT2D eigenvalue weighted by atomic mass is 10.2. The Morgan fingerprint density at radius 2 is 1.41 bits per heavy atom. The molecule has 34 heavy (non-hydrogen) atoms. The fourth-order valence-electron chi connectivity index (χ4n) is 3.49. The van der Waals surface area contributed by atoms with Gasteiger partial charge >= 0.3 is 0 Å². The first-order chi connectivity index (χ1) is 16.4. The molecule has 0 radical (unpaired) electrons. The number of methoxy groups -OCH3 is 2. The SMILES string of the molecule is COc1ccc(CN(Cc2ccc(OC)cc2)S(=O)(=O)c2ccn(Cc3nccn3C)n2)cc1. The summed E-state index contributed by atoms with van der Waals surface area (Å²) < 4.78 is 42.6. The van der Waals surface area contributed by atoms with Crippen molar-refractivity contribution in [3.63, 3.8) is 0 Å². The van der Waals surface area contributed by atoms with Crippen LogP contribution in [0.25, 0.3) is 0 Å². The fraction of sp³-hybridized carbons (Fsp3) is 0.250. The first-order valence-electron chi connectivity index (χ1n) is 10.6. The molecule has 0 N–H and O–H groups in total. The van der Waals surface area contributed by atoms with Crippen LogP contribution < -0.4 is 9.47 Å². The van der Waals surface area contributed by atoms with E-state index < -0.39 is 10.0 Å². The van der Waals surface area contributed by atoms with Crippen molar-refractivity contribution in [2.24, 2.45) is 7.05 Å². The van der Waals surface area contributed by atoms with Crippen LogP contribution >= 0.6 is 0 Å². The molecule has 0 fully saturated rings. The summed E-state index contributed by atoms with van der Waals surface area (Å²) in [4.78, 5) is 4.28. The largest absolute Gasteiger partial charge is 0.497 e. The minimum atomic E-state index is -3.89. The molecular formula is C24H27N5O4S. The smallest absolute Gasteiger partial charge is 0.262 e. The second-order valence-corrected chi connectivity index (χ2v) is 9.66. The highest BCUT2D eigenvalue weighted by Gasteiger charge is 2.27.